The molecule has 0 aliphatic heterocycles. The van der Waals surface area contributed by atoms with Crippen molar-refractivity contribution in [2.45, 2.75) is 27.7 Å². The average Bonchev–Trinajstić information content (AvgIpc) is 2.66. The Morgan fingerprint density at radius 2 is 1.95 bits per heavy atom. The van der Waals surface area contributed by atoms with Crippen LogP contribution in [0.5, 0.6) is 0 Å². The van der Waals surface area contributed by atoms with Crippen LogP contribution in [0.4, 0.5) is 5.13 Å². The van der Waals surface area contributed by atoms with Gasteiger partial charge in [-0.3, -0.25) is 0 Å². The van der Waals surface area contributed by atoms with Crippen LogP contribution in [0.15, 0.2) is 18.2 Å². The number of thiazole rings is 1. The van der Waals surface area contributed by atoms with Crippen molar-refractivity contribution in [1.29, 1.82) is 0 Å². The molecule has 4 heteroatoms. The molecule has 1 saturated carbocycles. The zero-order valence-corrected chi connectivity index (χ0v) is 13.3. The number of hydrogen-bond donors (Lipinski definition) is 1. The summed E-state index contributed by atoms with van der Waals surface area (Å²) in [5.41, 5.74) is 1.80. The Balaban J connectivity index is 1.75. The highest BCUT2D eigenvalue weighted by Crippen LogP contribution is 2.68. The van der Waals surface area contributed by atoms with Gasteiger partial charge in [0.05, 0.1) is 15.2 Å². The van der Waals surface area contributed by atoms with Gasteiger partial charge in [-0.05, 0) is 28.9 Å². The first kappa shape index (κ1) is 13.2. The second-order valence-corrected chi connectivity index (χ2v) is 7.89. The molecular formula is C15H19ClN2S. The number of nitrogens with zero attached hydrogens (tertiary/aromatic N) is 1. The predicted octanol–water partition coefficient (Wildman–Crippen LogP) is 5.04. The zero-order chi connectivity index (χ0) is 13.8. The first-order chi connectivity index (χ1) is 8.84. The van der Waals surface area contributed by atoms with E-state index < -0.39 is 0 Å². The van der Waals surface area contributed by atoms with E-state index in [0.717, 1.165) is 26.9 Å². The third kappa shape index (κ3) is 1.95. The van der Waals surface area contributed by atoms with Crippen molar-refractivity contribution in [2.24, 2.45) is 16.7 Å². The van der Waals surface area contributed by atoms with Crippen molar-refractivity contribution in [3.05, 3.63) is 23.2 Å². The molecule has 0 spiro atoms. The van der Waals surface area contributed by atoms with Crippen molar-refractivity contribution in [2.75, 3.05) is 11.9 Å². The maximum Gasteiger partial charge on any atom is 0.183 e. The molecule has 102 valence electrons. The van der Waals surface area contributed by atoms with Gasteiger partial charge in [-0.25, -0.2) is 4.98 Å². The van der Waals surface area contributed by atoms with Crippen LogP contribution in [0.3, 0.4) is 0 Å². The number of anilines is 1. The summed E-state index contributed by atoms with van der Waals surface area (Å²) in [4.78, 5) is 4.59. The number of halogens is 1. The van der Waals surface area contributed by atoms with Crippen LogP contribution in [0.1, 0.15) is 27.7 Å². The van der Waals surface area contributed by atoms with Crippen molar-refractivity contribution < 1.29 is 0 Å². The highest BCUT2D eigenvalue weighted by Gasteiger charge is 2.64. The number of hydrogen-bond acceptors (Lipinski definition) is 3. The minimum atomic E-state index is 0.411. The molecule has 1 aromatic heterocycles. The monoisotopic (exact) mass is 294 g/mol. The molecule has 0 bridgehead atoms. The highest BCUT2D eigenvalue weighted by molar-refractivity contribution is 7.22. The van der Waals surface area contributed by atoms with E-state index >= 15 is 0 Å². The topological polar surface area (TPSA) is 24.9 Å². The van der Waals surface area contributed by atoms with E-state index in [0.29, 0.717) is 16.7 Å². The van der Waals surface area contributed by atoms with E-state index in [4.69, 9.17) is 11.6 Å². The van der Waals surface area contributed by atoms with Crippen molar-refractivity contribution >= 4 is 38.3 Å². The van der Waals surface area contributed by atoms with Gasteiger partial charge in [0.2, 0.25) is 0 Å². The molecule has 1 fully saturated rings. The second kappa shape index (κ2) is 4.10. The van der Waals surface area contributed by atoms with Crippen molar-refractivity contribution in [1.82, 2.24) is 4.98 Å². The van der Waals surface area contributed by atoms with Crippen LogP contribution >= 0.6 is 22.9 Å². The Morgan fingerprint density at radius 3 is 2.53 bits per heavy atom. The van der Waals surface area contributed by atoms with E-state index in [-0.39, 0.29) is 0 Å². The summed E-state index contributed by atoms with van der Waals surface area (Å²) in [6.07, 6.45) is 0. The molecule has 2 nitrogen and oxygen atoms in total. The lowest BCUT2D eigenvalue weighted by molar-refractivity contribution is 0.457. The third-order valence-corrected chi connectivity index (χ3v) is 6.63. The minimum Gasteiger partial charge on any atom is -0.361 e. The molecule has 0 radical (unpaired) electrons. The van der Waals surface area contributed by atoms with Crippen molar-refractivity contribution in [3.63, 3.8) is 0 Å². The van der Waals surface area contributed by atoms with Crippen molar-refractivity contribution in [3.8, 4) is 0 Å². The summed E-state index contributed by atoms with van der Waals surface area (Å²) in [5, 5.41) is 5.24. The third-order valence-electron chi connectivity index (χ3n) is 5.14. The Morgan fingerprint density at radius 1 is 1.26 bits per heavy atom. The molecule has 1 aromatic carbocycles. The largest absolute Gasteiger partial charge is 0.361 e. The highest BCUT2D eigenvalue weighted by atomic mass is 35.5. The number of rotatable bonds is 3. The van der Waals surface area contributed by atoms with Crippen LogP contribution < -0.4 is 5.32 Å². The quantitative estimate of drug-likeness (QED) is 0.857. The lowest BCUT2D eigenvalue weighted by Crippen LogP contribution is -2.07. The first-order valence-corrected chi connectivity index (χ1v) is 7.82. The Hall–Kier alpha value is -0.800. The molecule has 2 aromatic rings. The SMILES string of the molecule is CC1(C)C(CNc2nc3cccc(Cl)c3s2)C1(C)C. The maximum atomic E-state index is 6.18. The molecule has 0 unspecified atom stereocenters. The molecule has 3 rings (SSSR count). The Bertz CT molecular complexity index is 616. The van der Waals surface area contributed by atoms with Gasteiger partial charge in [0.1, 0.15) is 0 Å². The fraction of sp³-hybridized carbons (Fsp3) is 0.533. The summed E-state index contributed by atoms with van der Waals surface area (Å²) in [6, 6.07) is 5.87. The molecule has 1 heterocycles. The van der Waals surface area contributed by atoms with Gasteiger partial charge >= 0.3 is 0 Å². The number of benzene rings is 1. The van der Waals surface area contributed by atoms with Gasteiger partial charge in [-0.2, -0.15) is 0 Å². The van der Waals surface area contributed by atoms with E-state index in [9.17, 15) is 0 Å². The number of fused-ring (bicyclic) bond motifs is 1. The van der Waals surface area contributed by atoms with Gasteiger partial charge in [0, 0.05) is 6.54 Å². The van der Waals surface area contributed by atoms with E-state index in [2.05, 4.69) is 38.0 Å². The molecule has 0 amide bonds. The minimum absolute atomic E-state index is 0.411. The Kier molecular flexibility index (Phi) is 2.84. The van der Waals surface area contributed by atoms with Gasteiger partial charge in [-0.15, -0.1) is 0 Å². The standard InChI is InChI=1S/C15H19ClN2S/c1-14(2)11(15(14,3)4)8-17-13-18-10-7-5-6-9(16)12(10)19-13/h5-7,11H,8H2,1-4H3,(H,17,18). The summed E-state index contributed by atoms with van der Waals surface area (Å²) >= 11 is 7.82. The zero-order valence-electron chi connectivity index (χ0n) is 11.7. The summed E-state index contributed by atoms with van der Waals surface area (Å²) in [6.45, 7) is 10.4. The number of aromatic nitrogens is 1. The van der Waals surface area contributed by atoms with Gasteiger partial charge in [-0.1, -0.05) is 56.7 Å². The van der Waals surface area contributed by atoms with Crippen LogP contribution in [-0.4, -0.2) is 11.5 Å². The summed E-state index contributed by atoms with van der Waals surface area (Å²) in [7, 11) is 0. The van der Waals surface area contributed by atoms with Crippen LogP contribution in [-0.2, 0) is 0 Å². The molecule has 1 N–H and O–H groups in total. The molecule has 0 saturated heterocycles. The van der Waals surface area contributed by atoms with E-state index in [1.165, 1.54) is 0 Å². The first-order valence-electron chi connectivity index (χ1n) is 6.63. The van der Waals surface area contributed by atoms with Crippen LogP contribution in [0.25, 0.3) is 10.2 Å². The maximum absolute atomic E-state index is 6.18. The summed E-state index contributed by atoms with van der Waals surface area (Å²) < 4.78 is 1.07. The van der Waals surface area contributed by atoms with Crippen LogP contribution in [0, 0.1) is 16.7 Å². The predicted molar refractivity (Wildman–Crippen MR) is 84.2 cm³/mol. The Labute approximate surface area is 123 Å². The van der Waals surface area contributed by atoms with E-state index in [1.54, 1.807) is 11.3 Å². The van der Waals surface area contributed by atoms with Gasteiger partial charge in [0.15, 0.2) is 5.13 Å². The van der Waals surface area contributed by atoms with Gasteiger partial charge in [0.25, 0.3) is 0 Å². The molecule has 0 atom stereocenters. The molecular weight excluding hydrogens is 276 g/mol. The summed E-state index contributed by atoms with van der Waals surface area (Å²) in [5.74, 6) is 0.697. The van der Waals surface area contributed by atoms with Crippen LogP contribution in [0.2, 0.25) is 5.02 Å². The molecule has 1 aliphatic rings. The van der Waals surface area contributed by atoms with Gasteiger partial charge < -0.3 is 5.32 Å². The number of nitrogens with one attached hydrogen (secondary N) is 1. The normalized spacial score (nSPS) is 20.7. The van der Waals surface area contributed by atoms with E-state index in [1.807, 2.05) is 18.2 Å². The fourth-order valence-electron chi connectivity index (χ4n) is 3.02. The lowest BCUT2D eigenvalue weighted by atomic mass is 10.0. The smallest absolute Gasteiger partial charge is 0.183 e. The second-order valence-electron chi connectivity index (χ2n) is 6.48. The lowest BCUT2D eigenvalue weighted by Gasteiger charge is -2.04. The fourth-order valence-corrected chi connectivity index (χ4v) is 4.19. The molecule has 1 aliphatic carbocycles. The molecule has 19 heavy (non-hydrogen) atoms. The average molecular weight is 295 g/mol.